The van der Waals surface area contributed by atoms with Gasteiger partial charge in [-0.15, -0.1) is 0 Å². The summed E-state index contributed by atoms with van der Waals surface area (Å²) in [5.74, 6) is 0.841. The molecule has 0 aromatic carbocycles. The van der Waals surface area contributed by atoms with Gasteiger partial charge in [0.05, 0.1) is 5.69 Å². The number of anilines is 1. The van der Waals surface area contributed by atoms with E-state index < -0.39 is 0 Å². The molecule has 0 aliphatic heterocycles. The molecule has 1 aromatic heterocycles. The molecule has 1 heterocycles. The number of hydrogen-bond donors (Lipinski definition) is 1. The average molecular weight is 207 g/mol. The number of nitrogen functional groups attached to an aromatic ring is 1. The van der Waals surface area contributed by atoms with Crippen molar-refractivity contribution in [2.24, 2.45) is 12.5 Å². The number of rotatable bonds is 4. The third kappa shape index (κ3) is 2.01. The van der Waals surface area contributed by atoms with Crippen molar-refractivity contribution in [2.75, 3.05) is 5.73 Å². The molecule has 0 unspecified atom stereocenters. The van der Waals surface area contributed by atoms with Gasteiger partial charge < -0.3 is 5.73 Å². The molecule has 0 atom stereocenters. The maximum Gasteiger partial charge on any atom is 0.124 e. The normalized spacial score (nSPS) is 18.1. The first-order chi connectivity index (χ1) is 7.06. The van der Waals surface area contributed by atoms with Gasteiger partial charge in [0.1, 0.15) is 5.82 Å². The maximum atomic E-state index is 5.97. The standard InChI is InChI=1S/C12H21N3/c1-4-9-10(14-15(3)11(9)13)5-6-12(2)7-8-12/h4-8,13H2,1-3H3. The van der Waals surface area contributed by atoms with Gasteiger partial charge in [-0.25, -0.2) is 0 Å². The monoisotopic (exact) mass is 207 g/mol. The van der Waals surface area contributed by atoms with Crippen LogP contribution in [0, 0.1) is 5.41 Å². The van der Waals surface area contributed by atoms with E-state index in [0.717, 1.165) is 18.7 Å². The molecule has 1 saturated carbocycles. The third-order valence-electron chi connectivity index (χ3n) is 3.70. The Morgan fingerprint density at radius 2 is 2.13 bits per heavy atom. The number of aromatic nitrogens is 2. The predicted molar refractivity (Wildman–Crippen MR) is 62.7 cm³/mol. The highest BCUT2D eigenvalue weighted by molar-refractivity contribution is 5.43. The molecule has 0 bridgehead atoms. The first kappa shape index (κ1) is 10.5. The quantitative estimate of drug-likeness (QED) is 0.823. The highest BCUT2D eigenvalue weighted by Gasteiger charge is 2.36. The summed E-state index contributed by atoms with van der Waals surface area (Å²) in [6, 6.07) is 0. The summed E-state index contributed by atoms with van der Waals surface area (Å²) in [4.78, 5) is 0. The summed E-state index contributed by atoms with van der Waals surface area (Å²) in [5, 5.41) is 4.50. The maximum absolute atomic E-state index is 5.97. The summed E-state index contributed by atoms with van der Waals surface area (Å²) < 4.78 is 1.81. The van der Waals surface area contributed by atoms with E-state index in [-0.39, 0.29) is 0 Å². The van der Waals surface area contributed by atoms with Crippen molar-refractivity contribution in [1.82, 2.24) is 9.78 Å². The van der Waals surface area contributed by atoms with Crippen molar-refractivity contribution >= 4 is 5.82 Å². The Balaban J connectivity index is 2.09. The molecule has 3 heteroatoms. The van der Waals surface area contributed by atoms with Gasteiger partial charge in [-0.3, -0.25) is 4.68 Å². The van der Waals surface area contributed by atoms with E-state index in [1.165, 1.54) is 30.5 Å². The molecular formula is C12H21N3. The first-order valence-corrected chi connectivity index (χ1v) is 5.86. The van der Waals surface area contributed by atoms with Crippen LogP contribution in [0.2, 0.25) is 0 Å². The van der Waals surface area contributed by atoms with Crippen molar-refractivity contribution in [2.45, 2.75) is 46.0 Å². The second-order valence-electron chi connectivity index (χ2n) is 5.10. The molecule has 0 radical (unpaired) electrons. The summed E-state index contributed by atoms with van der Waals surface area (Å²) in [6.07, 6.45) is 6.11. The van der Waals surface area contributed by atoms with Crippen LogP contribution in [0.4, 0.5) is 5.82 Å². The van der Waals surface area contributed by atoms with Crippen LogP contribution in [0.15, 0.2) is 0 Å². The third-order valence-corrected chi connectivity index (χ3v) is 3.70. The number of aryl methyl sites for hydroxylation is 2. The van der Waals surface area contributed by atoms with Gasteiger partial charge in [0.25, 0.3) is 0 Å². The first-order valence-electron chi connectivity index (χ1n) is 5.86. The lowest BCUT2D eigenvalue weighted by Gasteiger charge is -2.06. The smallest absolute Gasteiger partial charge is 0.124 e. The Morgan fingerprint density at radius 1 is 1.47 bits per heavy atom. The minimum atomic E-state index is 0.608. The zero-order chi connectivity index (χ0) is 11.1. The lowest BCUT2D eigenvalue weighted by Crippen LogP contribution is -1.99. The summed E-state index contributed by atoms with van der Waals surface area (Å²) in [7, 11) is 1.93. The van der Waals surface area contributed by atoms with E-state index in [1.807, 2.05) is 11.7 Å². The Morgan fingerprint density at radius 3 is 2.67 bits per heavy atom. The van der Waals surface area contributed by atoms with Crippen LogP contribution in [-0.2, 0) is 19.9 Å². The van der Waals surface area contributed by atoms with E-state index in [4.69, 9.17) is 5.73 Å². The Hall–Kier alpha value is -0.990. The van der Waals surface area contributed by atoms with Gasteiger partial charge in [-0.1, -0.05) is 13.8 Å². The Labute approximate surface area is 91.7 Å². The molecular weight excluding hydrogens is 186 g/mol. The molecule has 0 amide bonds. The molecule has 1 fully saturated rings. The largest absolute Gasteiger partial charge is 0.384 e. The van der Waals surface area contributed by atoms with E-state index in [9.17, 15) is 0 Å². The van der Waals surface area contributed by atoms with E-state index in [0.29, 0.717) is 5.41 Å². The second kappa shape index (κ2) is 3.54. The van der Waals surface area contributed by atoms with Crippen LogP contribution in [0.1, 0.15) is 44.4 Å². The Kier molecular flexibility index (Phi) is 2.49. The molecule has 84 valence electrons. The fourth-order valence-electron chi connectivity index (χ4n) is 2.11. The van der Waals surface area contributed by atoms with Crippen LogP contribution in [0.25, 0.3) is 0 Å². The van der Waals surface area contributed by atoms with Gasteiger partial charge in [0.15, 0.2) is 0 Å². The van der Waals surface area contributed by atoms with Crippen LogP contribution >= 0.6 is 0 Å². The number of nitrogens with two attached hydrogens (primary N) is 1. The van der Waals surface area contributed by atoms with Gasteiger partial charge in [-0.2, -0.15) is 5.10 Å². The van der Waals surface area contributed by atoms with Crippen LogP contribution < -0.4 is 5.73 Å². The molecule has 2 rings (SSSR count). The topological polar surface area (TPSA) is 43.8 Å². The molecule has 15 heavy (non-hydrogen) atoms. The van der Waals surface area contributed by atoms with Crippen molar-refractivity contribution in [1.29, 1.82) is 0 Å². The van der Waals surface area contributed by atoms with Gasteiger partial charge in [-0.05, 0) is 37.5 Å². The van der Waals surface area contributed by atoms with Crippen molar-refractivity contribution in [3.05, 3.63) is 11.3 Å². The highest BCUT2D eigenvalue weighted by atomic mass is 15.3. The lowest BCUT2D eigenvalue weighted by molar-refractivity contribution is 0.511. The van der Waals surface area contributed by atoms with E-state index in [2.05, 4.69) is 18.9 Å². The fourth-order valence-corrected chi connectivity index (χ4v) is 2.11. The van der Waals surface area contributed by atoms with Crippen LogP contribution in [-0.4, -0.2) is 9.78 Å². The minimum Gasteiger partial charge on any atom is -0.384 e. The van der Waals surface area contributed by atoms with Crippen molar-refractivity contribution in [3.63, 3.8) is 0 Å². The van der Waals surface area contributed by atoms with Gasteiger partial charge in [0, 0.05) is 12.6 Å². The van der Waals surface area contributed by atoms with Gasteiger partial charge in [0.2, 0.25) is 0 Å². The number of hydrogen-bond acceptors (Lipinski definition) is 2. The summed E-state index contributed by atoms with van der Waals surface area (Å²) >= 11 is 0. The summed E-state index contributed by atoms with van der Waals surface area (Å²) in [5.41, 5.74) is 9.04. The van der Waals surface area contributed by atoms with E-state index >= 15 is 0 Å². The van der Waals surface area contributed by atoms with Gasteiger partial charge >= 0.3 is 0 Å². The van der Waals surface area contributed by atoms with E-state index in [1.54, 1.807) is 0 Å². The van der Waals surface area contributed by atoms with Crippen molar-refractivity contribution < 1.29 is 0 Å². The fraction of sp³-hybridized carbons (Fsp3) is 0.750. The number of nitrogens with zero attached hydrogens (tertiary/aromatic N) is 2. The summed E-state index contributed by atoms with van der Waals surface area (Å²) in [6.45, 7) is 4.51. The zero-order valence-corrected chi connectivity index (χ0v) is 10.0. The average Bonchev–Trinajstić information content (AvgIpc) is 2.87. The Bertz CT molecular complexity index is 361. The SMILES string of the molecule is CCc1c(CCC2(C)CC2)nn(C)c1N. The molecule has 1 aromatic rings. The minimum absolute atomic E-state index is 0.608. The highest BCUT2D eigenvalue weighted by Crippen LogP contribution is 2.48. The molecule has 3 nitrogen and oxygen atoms in total. The predicted octanol–water partition coefficient (Wildman–Crippen LogP) is 2.30. The molecule has 0 spiro atoms. The second-order valence-corrected chi connectivity index (χ2v) is 5.10. The molecule has 2 N–H and O–H groups in total. The molecule has 1 aliphatic carbocycles. The van der Waals surface area contributed by atoms with Crippen LogP contribution in [0.3, 0.4) is 0 Å². The lowest BCUT2D eigenvalue weighted by atomic mass is 9.99. The molecule has 1 aliphatic rings. The molecule has 0 saturated heterocycles. The zero-order valence-electron chi connectivity index (χ0n) is 10.0. The van der Waals surface area contributed by atoms with Crippen LogP contribution in [0.5, 0.6) is 0 Å². The van der Waals surface area contributed by atoms with Crippen molar-refractivity contribution in [3.8, 4) is 0 Å².